The van der Waals surface area contributed by atoms with E-state index in [0.29, 0.717) is 19.6 Å². The second-order valence-corrected chi connectivity index (χ2v) is 3.67. The molecule has 0 aliphatic rings. The Hall–Kier alpha value is -1.40. The molecule has 0 bridgehead atoms. The van der Waals surface area contributed by atoms with E-state index in [-0.39, 0.29) is 18.4 Å². The molecule has 6 nitrogen and oxygen atoms in total. The minimum Gasteiger partial charge on any atom is -0.383 e. The highest BCUT2D eigenvalue weighted by Gasteiger charge is 2.18. The van der Waals surface area contributed by atoms with Crippen molar-refractivity contribution in [3.63, 3.8) is 0 Å². The molecule has 0 heterocycles. The summed E-state index contributed by atoms with van der Waals surface area (Å²) < 4.78 is 4.79. The zero-order chi connectivity index (χ0) is 13.3. The molecule has 0 aromatic rings. The van der Waals surface area contributed by atoms with Gasteiger partial charge in [0.25, 0.3) is 0 Å². The van der Waals surface area contributed by atoms with Gasteiger partial charge in [-0.25, -0.2) is 0 Å². The van der Waals surface area contributed by atoms with E-state index in [9.17, 15) is 9.59 Å². The average Bonchev–Trinajstić information content (AvgIpc) is 2.28. The molecule has 6 heteroatoms. The molecule has 0 radical (unpaired) electrons. The highest BCUT2D eigenvalue weighted by molar-refractivity contribution is 5.87. The van der Waals surface area contributed by atoms with Gasteiger partial charge in [0.1, 0.15) is 0 Å². The Bertz CT molecular complexity index is 269. The highest BCUT2D eigenvalue weighted by Crippen LogP contribution is 1.95. The molecule has 0 aromatic carbocycles. The lowest BCUT2D eigenvalue weighted by Gasteiger charge is -2.20. The molecule has 0 saturated carbocycles. The Morgan fingerprint density at radius 2 is 2.24 bits per heavy atom. The van der Waals surface area contributed by atoms with Gasteiger partial charge >= 0.3 is 0 Å². The Balaban J connectivity index is 3.98. The maximum absolute atomic E-state index is 11.6. The van der Waals surface area contributed by atoms with Crippen molar-refractivity contribution in [2.75, 3.05) is 33.9 Å². The van der Waals surface area contributed by atoms with E-state index in [2.05, 4.69) is 11.9 Å². The van der Waals surface area contributed by atoms with Gasteiger partial charge in [-0.1, -0.05) is 6.08 Å². The lowest BCUT2D eigenvalue weighted by atomic mass is 10.2. The van der Waals surface area contributed by atoms with Crippen LogP contribution < -0.4 is 11.1 Å². The minimum absolute atomic E-state index is 0.00656. The summed E-state index contributed by atoms with van der Waals surface area (Å²) in [6.45, 7) is 4.37. The first-order valence-corrected chi connectivity index (χ1v) is 5.40. The number of nitrogens with one attached hydrogen (secondary N) is 1. The van der Waals surface area contributed by atoms with E-state index in [1.165, 1.54) is 4.90 Å². The van der Waals surface area contributed by atoms with Crippen LogP contribution in [0.2, 0.25) is 0 Å². The Morgan fingerprint density at radius 1 is 1.59 bits per heavy atom. The Kier molecular flexibility index (Phi) is 8.00. The van der Waals surface area contributed by atoms with Gasteiger partial charge in [0.2, 0.25) is 11.8 Å². The van der Waals surface area contributed by atoms with Crippen molar-refractivity contribution in [3.05, 3.63) is 12.7 Å². The van der Waals surface area contributed by atoms with Crippen LogP contribution in [0.15, 0.2) is 12.7 Å². The van der Waals surface area contributed by atoms with Crippen LogP contribution in [0.4, 0.5) is 0 Å². The average molecular weight is 243 g/mol. The minimum atomic E-state index is -0.635. The summed E-state index contributed by atoms with van der Waals surface area (Å²) in [6.07, 6.45) is 1.98. The molecular formula is C11H21N3O3. The van der Waals surface area contributed by atoms with E-state index in [1.807, 2.05) is 0 Å². The van der Waals surface area contributed by atoms with Gasteiger partial charge in [0, 0.05) is 20.7 Å². The molecule has 1 unspecified atom stereocenters. The summed E-state index contributed by atoms with van der Waals surface area (Å²) in [7, 11) is 3.09. The lowest BCUT2D eigenvalue weighted by Crippen LogP contribution is -2.46. The van der Waals surface area contributed by atoms with Crippen LogP contribution >= 0.6 is 0 Å². The SMILES string of the molecule is C=CCC(N)C(=O)N(C)CC(=O)NCCOC. The summed E-state index contributed by atoms with van der Waals surface area (Å²) in [4.78, 5) is 24.3. The van der Waals surface area contributed by atoms with Gasteiger partial charge in [-0.15, -0.1) is 6.58 Å². The number of nitrogens with two attached hydrogens (primary N) is 1. The molecule has 1 atom stereocenters. The number of carbonyl (C=O) groups is 2. The van der Waals surface area contributed by atoms with E-state index in [0.717, 1.165) is 0 Å². The van der Waals surface area contributed by atoms with Crippen LogP contribution in [-0.2, 0) is 14.3 Å². The maximum Gasteiger partial charge on any atom is 0.240 e. The van der Waals surface area contributed by atoms with Crippen LogP contribution in [0.5, 0.6) is 0 Å². The third-order valence-corrected chi connectivity index (χ3v) is 2.12. The number of amides is 2. The van der Waals surface area contributed by atoms with E-state index in [4.69, 9.17) is 10.5 Å². The van der Waals surface area contributed by atoms with Crippen LogP contribution in [0.3, 0.4) is 0 Å². The fourth-order valence-corrected chi connectivity index (χ4v) is 1.21. The standard InChI is InChI=1S/C11H21N3O3/c1-4-5-9(12)11(16)14(2)8-10(15)13-6-7-17-3/h4,9H,1,5-8,12H2,2-3H3,(H,13,15). The number of rotatable bonds is 8. The second kappa shape index (κ2) is 8.72. The van der Waals surface area contributed by atoms with Gasteiger partial charge in [-0.05, 0) is 6.42 Å². The highest BCUT2D eigenvalue weighted by atomic mass is 16.5. The zero-order valence-corrected chi connectivity index (χ0v) is 10.4. The van der Waals surface area contributed by atoms with E-state index in [1.54, 1.807) is 20.2 Å². The van der Waals surface area contributed by atoms with Crippen molar-refractivity contribution < 1.29 is 14.3 Å². The number of methoxy groups -OCH3 is 1. The Morgan fingerprint density at radius 3 is 2.76 bits per heavy atom. The fourth-order valence-electron chi connectivity index (χ4n) is 1.21. The lowest BCUT2D eigenvalue weighted by molar-refractivity contribution is -0.135. The maximum atomic E-state index is 11.6. The molecule has 0 spiro atoms. The van der Waals surface area contributed by atoms with Gasteiger partial charge in [0.15, 0.2) is 0 Å². The smallest absolute Gasteiger partial charge is 0.240 e. The topological polar surface area (TPSA) is 84.7 Å². The van der Waals surface area contributed by atoms with Crippen molar-refractivity contribution in [2.24, 2.45) is 5.73 Å². The summed E-state index contributed by atoms with van der Waals surface area (Å²) in [5.74, 6) is -0.504. The van der Waals surface area contributed by atoms with Crippen molar-refractivity contribution in [1.29, 1.82) is 0 Å². The predicted molar refractivity (Wildman–Crippen MR) is 65.3 cm³/mol. The number of hydrogen-bond donors (Lipinski definition) is 2. The van der Waals surface area contributed by atoms with E-state index >= 15 is 0 Å². The molecule has 0 saturated heterocycles. The van der Waals surface area contributed by atoms with E-state index < -0.39 is 6.04 Å². The third kappa shape index (κ3) is 6.70. The monoisotopic (exact) mass is 243 g/mol. The number of nitrogens with zero attached hydrogens (tertiary/aromatic N) is 1. The first-order valence-electron chi connectivity index (χ1n) is 5.40. The molecule has 2 amide bonds. The van der Waals surface area contributed by atoms with Crippen LogP contribution in [0.25, 0.3) is 0 Å². The Labute approximate surface area is 102 Å². The van der Waals surface area contributed by atoms with Gasteiger partial charge in [0.05, 0.1) is 19.2 Å². The first-order chi connectivity index (χ1) is 8.02. The molecule has 0 aliphatic heterocycles. The number of ether oxygens (including phenoxy) is 1. The fraction of sp³-hybridized carbons (Fsp3) is 0.636. The summed E-state index contributed by atoms with van der Waals surface area (Å²) in [5, 5.41) is 2.62. The molecule has 98 valence electrons. The zero-order valence-electron chi connectivity index (χ0n) is 10.4. The number of likely N-dealkylation sites (N-methyl/N-ethyl adjacent to an activating group) is 1. The number of hydrogen-bond acceptors (Lipinski definition) is 4. The predicted octanol–water partition coefficient (Wildman–Crippen LogP) is -0.889. The largest absolute Gasteiger partial charge is 0.383 e. The summed E-state index contributed by atoms with van der Waals surface area (Å²) >= 11 is 0. The second-order valence-electron chi connectivity index (χ2n) is 3.67. The summed E-state index contributed by atoms with van der Waals surface area (Å²) in [5.41, 5.74) is 5.61. The van der Waals surface area contributed by atoms with Crippen molar-refractivity contribution in [2.45, 2.75) is 12.5 Å². The molecule has 3 N–H and O–H groups in total. The quantitative estimate of drug-likeness (QED) is 0.428. The van der Waals surface area contributed by atoms with Crippen LogP contribution in [0.1, 0.15) is 6.42 Å². The molecule has 0 fully saturated rings. The van der Waals surface area contributed by atoms with Gasteiger partial charge < -0.3 is 20.7 Å². The van der Waals surface area contributed by atoms with Gasteiger partial charge in [-0.2, -0.15) is 0 Å². The first kappa shape index (κ1) is 15.6. The van der Waals surface area contributed by atoms with Crippen molar-refractivity contribution in [3.8, 4) is 0 Å². The molecular weight excluding hydrogens is 222 g/mol. The molecule has 0 rings (SSSR count). The van der Waals surface area contributed by atoms with Crippen LogP contribution in [-0.4, -0.2) is 56.6 Å². The van der Waals surface area contributed by atoms with Crippen molar-refractivity contribution >= 4 is 11.8 Å². The molecule has 17 heavy (non-hydrogen) atoms. The molecule has 0 aliphatic carbocycles. The summed E-state index contributed by atoms with van der Waals surface area (Å²) in [6, 6.07) is -0.635. The molecule has 0 aromatic heterocycles. The van der Waals surface area contributed by atoms with Gasteiger partial charge in [-0.3, -0.25) is 9.59 Å². The third-order valence-electron chi connectivity index (χ3n) is 2.12. The number of carbonyl (C=O) groups excluding carboxylic acids is 2. The van der Waals surface area contributed by atoms with Crippen LogP contribution in [0, 0.1) is 0 Å². The normalized spacial score (nSPS) is 11.7. The van der Waals surface area contributed by atoms with Crippen molar-refractivity contribution in [1.82, 2.24) is 10.2 Å².